The minimum atomic E-state index is 0.0473. The molecule has 0 saturated carbocycles. The molecule has 2 aromatic carbocycles. The van der Waals surface area contributed by atoms with Crippen molar-refractivity contribution in [3.05, 3.63) is 58.1 Å². The average Bonchev–Trinajstić information content (AvgIpc) is 2.32. The van der Waals surface area contributed by atoms with E-state index in [1.54, 1.807) is 11.8 Å². The largest absolute Gasteiger partial charge is 0.324 e. The molecule has 0 aliphatic heterocycles. The second kappa shape index (κ2) is 5.91. The lowest BCUT2D eigenvalue weighted by molar-refractivity contribution is 0.797. The van der Waals surface area contributed by atoms with Gasteiger partial charge in [0.05, 0.1) is 0 Å². The quantitative estimate of drug-likeness (QED) is 0.867. The Hall–Kier alpha value is -0.770. The van der Waals surface area contributed by atoms with Crippen LogP contribution in [0, 0.1) is 6.92 Å². The van der Waals surface area contributed by atoms with E-state index in [1.165, 1.54) is 20.9 Å². The number of benzene rings is 2. The zero-order chi connectivity index (χ0) is 13.1. The van der Waals surface area contributed by atoms with E-state index in [2.05, 4.69) is 59.3 Å². The van der Waals surface area contributed by atoms with Crippen molar-refractivity contribution in [3.63, 3.8) is 0 Å². The lowest BCUT2D eigenvalue weighted by atomic mass is 10.1. The number of hydrogen-bond acceptors (Lipinski definition) is 2. The summed E-state index contributed by atoms with van der Waals surface area (Å²) in [6.45, 7) is 4.11. The van der Waals surface area contributed by atoms with Crippen molar-refractivity contribution in [2.45, 2.75) is 29.7 Å². The summed E-state index contributed by atoms with van der Waals surface area (Å²) >= 11 is 5.27. The van der Waals surface area contributed by atoms with Crippen molar-refractivity contribution in [2.75, 3.05) is 0 Å². The molecule has 94 valence electrons. The molecular weight excluding hydrogens is 306 g/mol. The molecule has 0 aliphatic rings. The molecule has 0 saturated heterocycles. The molecule has 2 rings (SSSR count). The Morgan fingerprint density at radius 2 is 1.78 bits per heavy atom. The minimum absolute atomic E-state index is 0.0473. The van der Waals surface area contributed by atoms with Crippen LogP contribution in [0.4, 0.5) is 0 Å². The van der Waals surface area contributed by atoms with Gasteiger partial charge in [0.15, 0.2) is 0 Å². The molecule has 1 unspecified atom stereocenters. The van der Waals surface area contributed by atoms with E-state index in [4.69, 9.17) is 5.73 Å². The first kappa shape index (κ1) is 13.7. The van der Waals surface area contributed by atoms with Gasteiger partial charge in [-0.2, -0.15) is 0 Å². The Bertz CT molecular complexity index is 535. The molecule has 0 fully saturated rings. The SMILES string of the molecule is Cc1ccc(Sc2cc(Br)ccc2C(C)N)cc1. The van der Waals surface area contributed by atoms with Crippen molar-refractivity contribution in [1.29, 1.82) is 0 Å². The predicted octanol–water partition coefficient (Wildman–Crippen LogP) is 4.93. The maximum absolute atomic E-state index is 6.01. The summed E-state index contributed by atoms with van der Waals surface area (Å²) in [6.07, 6.45) is 0. The van der Waals surface area contributed by atoms with Gasteiger partial charge in [0.2, 0.25) is 0 Å². The van der Waals surface area contributed by atoms with Crippen molar-refractivity contribution < 1.29 is 0 Å². The van der Waals surface area contributed by atoms with E-state index in [-0.39, 0.29) is 6.04 Å². The third-order valence-corrected chi connectivity index (χ3v) is 4.29. The van der Waals surface area contributed by atoms with Crippen LogP contribution in [-0.2, 0) is 0 Å². The van der Waals surface area contributed by atoms with Crippen LogP contribution in [0.1, 0.15) is 24.1 Å². The highest BCUT2D eigenvalue weighted by molar-refractivity contribution is 9.10. The monoisotopic (exact) mass is 321 g/mol. The van der Waals surface area contributed by atoms with Gasteiger partial charge >= 0.3 is 0 Å². The van der Waals surface area contributed by atoms with E-state index in [9.17, 15) is 0 Å². The molecule has 0 heterocycles. The predicted molar refractivity (Wildman–Crippen MR) is 82.0 cm³/mol. The number of hydrogen-bond donors (Lipinski definition) is 1. The Balaban J connectivity index is 2.32. The molecule has 1 atom stereocenters. The molecule has 0 aromatic heterocycles. The van der Waals surface area contributed by atoms with Crippen molar-refractivity contribution in [2.24, 2.45) is 5.73 Å². The molecule has 0 spiro atoms. The Kier molecular flexibility index (Phi) is 4.49. The maximum Gasteiger partial charge on any atom is 0.0277 e. The van der Waals surface area contributed by atoms with Crippen LogP contribution in [0.25, 0.3) is 0 Å². The highest BCUT2D eigenvalue weighted by Gasteiger charge is 2.08. The molecule has 1 nitrogen and oxygen atoms in total. The van der Waals surface area contributed by atoms with E-state index in [1.807, 2.05) is 13.0 Å². The Morgan fingerprint density at radius 3 is 2.39 bits per heavy atom. The first-order chi connectivity index (χ1) is 8.56. The lowest BCUT2D eigenvalue weighted by Gasteiger charge is -2.13. The fourth-order valence-electron chi connectivity index (χ4n) is 1.71. The fourth-order valence-corrected chi connectivity index (χ4v) is 3.30. The van der Waals surface area contributed by atoms with E-state index in [0.717, 1.165) is 4.47 Å². The molecule has 18 heavy (non-hydrogen) atoms. The zero-order valence-corrected chi connectivity index (χ0v) is 12.9. The summed E-state index contributed by atoms with van der Waals surface area (Å²) in [7, 11) is 0. The smallest absolute Gasteiger partial charge is 0.0277 e. The number of halogens is 1. The van der Waals surface area contributed by atoms with Crippen LogP contribution < -0.4 is 5.73 Å². The summed E-state index contributed by atoms with van der Waals surface area (Å²) in [5.41, 5.74) is 8.48. The van der Waals surface area contributed by atoms with Gasteiger partial charge in [-0.05, 0) is 43.7 Å². The molecule has 0 bridgehead atoms. The van der Waals surface area contributed by atoms with Gasteiger partial charge in [-0.1, -0.05) is 51.5 Å². The van der Waals surface area contributed by atoms with Gasteiger partial charge in [-0.25, -0.2) is 0 Å². The van der Waals surface area contributed by atoms with Crippen LogP contribution in [0.5, 0.6) is 0 Å². The summed E-state index contributed by atoms with van der Waals surface area (Å²) in [6, 6.07) is 14.9. The molecule has 0 aliphatic carbocycles. The highest BCUT2D eigenvalue weighted by atomic mass is 79.9. The molecular formula is C15H16BrNS. The number of aryl methyl sites for hydroxylation is 1. The van der Waals surface area contributed by atoms with Gasteiger partial charge in [0.25, 0.3) is 0 Å². The highest BCUT2D eigenvalue weighted by Crippen LogP contribution is 2.34. The first-order valence-corrected chi connectivity index (χ1v) is 7.47. The number of rotatable bonds is 3. The summed E-state index contributed by atoms with van der Waals surface area (Å²) in [4.78, 5) is 2.45. The minimum Gasteiger partial charge on any atom is -0.324 e. The maximum atomic E-state index is 6.01. The van der Waals surface area contributed by atoms with Crippen molar-refractivity contribution in [3.8, 4) is 0 Å². The van der Waals surface area contributed by atoms with Gasteiger partial charge in [-0.15, -0.1) is 0 Å². The van der Waals surface area contributed by atoms with Crippen LogP contribution in [0.2, 0.25) is 0 Å². The van der Waals surface area contributed by atoms with Gasteiger partial charge < -0.3 is 5.73 Å². The standard InChI is InChI=1S/C15H16BrNS/c1-10-3-6-13(7-4-10)18-15-9-12(16)5-8-14(15)11(2)17/h3-9,11H,17H2,1-2H3. The summed E-state index contributed by atoms with van der Waals surface area (Å²) in [5, 5.41) is 0. The molecule has 2 aromatic rings. The lowest BCUT2D eigenvalue weighted by Crippen LogP contribution is -2.06. The van der Waals surface area contributed by atoms with Crippen molar-refractivity contribution >= 4 is 27.7 Å². The Labute approximate surface area is 121 Å². The molecule has 0 amide bonds. The third kappa shape index (κ3) is 3.37. The molecule has 3 heteroatoms. The van der Waals surface area contributed by atoms with Gasteiger partial charge in [0.1, 0.15) is 0 Å². The van der Waals surface area contributed by atoms with E-state index < -0.39 is 0 Å². The van der Waals surface area contributed by atoms with Crippen LogP contribution in [-0.4, -0.2) is 0 Å². The van der Waals surface area contributed by atoms with Crippen molar-refractivity contribution in [1.82, 2.24) is 0 Å². The fraction of sp³-hybridized carbons (Fsp3) is 0.200. The van der Waals surface area contributed by atoms with Gasteiger partial charge in [0, 0.05) is 20.3 Å². The van der Waals surface area contributed by atoms with Gasteiger partial charge in [-0.3, -0.25) is 0 Å². The summed E-state index contributed by atoms with van der Waals surface area (Å²) in [5.74, 6) is 0. The van der Waals surface area contributed by atoms with Crippen LogP contribution in [0.3, 0.4) is 0 Å². The van der Waals surface area contributed by atoms with Crippen LogP contribution >= 0.6 is 27.7 Å². The second-order valence-electron chi connectivity index (χ2n) is 4.39. The Morgan fingerprint density at radius 1 is 1.11 bits per heavy atom. The van der Waals surface area contributed by atoms with E-state index >= 15 is 0 Å². The second-order valence-corrected chi connectivity index (χ2v) is 6.42. The van der Waals surface area contributed by atoms with E-state index in [0.29, 0.717) is 0 Å². The molecule has 0 radical (unpaired) electrons. The third-order valence-electron chi connectivity index (χ3n) is 2.71. The number of nitrogens with two attached hydrogens (primary N) is 1. The first-order valence-electron chi connectivity index (χ1n) is 5.86. The average molecular weight is 322 g/mol. The topological polar surface area (TPSA) is 26.0 Å². The van der Waals surface area contributed by atoms with Crippen LogP contribution in [0.15, 0.2) is 56.7 Å². The summed E-state index contributed by atoms with van der Waals surface area (Å²) < 4.78 is 1.08. The zero-order valence-electron chi connectivity index (χ0n) is 10.5. The normalized spacial score (nSPS) is 12.4. The molecule has 2 N–H and O–H groups in total.